The summed E-state index contributed by atoms with van der Waals surface area (Å²) in [5, 5.41) is 0.0176. The van der Waals surface area contributed by atoms with Gasteiger partial charge >= 0.3 is 11.9 Å². The Labute approximate surface area is 249 Å². The molecule has 44 heavy (non-hydrogen) atoms. The van der Waals surface area contributed by atoms with E-state index in [0.29, 0.717) is 23.0 Å². The fourth-order valence-electron chi connectivity index (χ4n) is 5.59. The SMILES string of the molecule is C=CC(=O)N1CCN(c2nc(=O)n(-c3c(C)ccnc3C(C)C)c3nc(-c4c(F)cccc4C(F)(F)F)c(F)cc23)[C@@H](C)C1. The number of benzene rings is 1. The van der Waals surface area contributed by atoms with Crippen molar-refractivity contribution in [3.8, 4) is 16.9 Å². The molecule has 4 aromatic rings. The summed E-state index contributed by atoms with van der Waals surface area (Å²) in [4.78, 5) is 42.4. The van der Waals surface area contributed by atoms with Gasteiger partial charge in [0.2, 0.25) is 5.91 Å². The summed E-state index contributed by atoms with van der Waals surface area (Å²) in [5.41, 5.74) is -3.10. The van der Waals surface area contributed by atoms with Gasteiger partial charge < -0.3 is 9.80 Å². The fourth-order valence-corrected chi connectivity index (χ4v) is 5.59. The Bertz CT molecular complexity index is 1850. The van der Waals surface area contributed by atoms with Crippen LogP contribution in [-0.4, -0.2) is 56.0 Å². The molecule has 1 aliphatic rings. The predicted octanol–water partition coefficient (Wildman–Crippen LogP) is 5.79. The van der Waals surface area contributed by atoms with Gasteiger partial charge in [-0.2, -0.15) is 18.2 Å². The molecule has 0 unspecified atom stereocenters. The van der Waals surface area contributed by atoms with Gasteiger partial charge in [-0.15, -0.1) is 0 Å². The lowest BCUT2D eigenvalue weighted by molar-refractivity contribution is -0.137. The van der Waals surface area contributed by atoms with Crippen LogP contribution in [0.2, 0.25) is 0 Å². The number of hydrogen-bond donors (Lipinski definition) is 0. The molecule has 1 aliphatic heterocycles. The molecular formula is C31H29F5N6O2. The van der Waals surface area contributed by atoms with E-state index in [-0.39, 0.29) is 48.3 Å². The zero-order valence-electron chi connectivity index (χ0n) is 24.4. The first-order valence-corrected chi connectivity index (χ1v) is 13.9. The first kappa shape index (κ1) is 30.8. The minimum absolute atomic E-state index is 0.0176. The number of carbonyl (C=O) groups excluding carboxylic acids is 1. The van der Waals surface area contributed by atoms with Crippen molar-refractivity contribution in [1.29, 1.82) is 0 Å². The number of anilines is 1. The average molecular weight is 613 g/mol. The van der Waals surface area contributed by atoms with Crippen LogP contribution in [0.1, 0.15) is 43.5 Å². The number of aromatic nitrogens is 4. The lowest BCUT2D eigenvalue weighted by Gasteiger charge is -2.40. The monoisotopic (exact) mass is 612 g/mol. The summed E-state index contributed by atoms with van der Waals surface area (Å²) < 4.78 is 74.1. The van der Waals surface area contributed by atoms with Crippen LogP contribution in [0.5, 0.6) is 0 Å². The number of alkyl halides is 3. The van der Waals surface area contributed by atoms with Crippen LogP contribution >= 0.6 is 0 Å². The molecule has 0 radical (unpaired) electrons. The van der Waals surface area contributed by atoms with Crippen molar-refractivity contribution in [3.63, 3.8) is 0 Å². The van der Waals surface area contributed by atoms with Crippen LogP contribution in [0.4, 0.5) is 27.8 Å². The molecule has 0 spiro atoms. The molecular weight excluding hydrogens is 583 g/mol. The number of halogens is 5. The second kappa shape index (κ2) is 11.4. The highest BCUT2D eigenvalue weighted by Gasteiger charge is 2.37. The summed E-state index contributed by atoms with van der Waals surface area (Å²) in [5.74, 6) is -3.01. The number of rotatable bonds is 5. The predicted molar refractivity (Wildman–Crippen MR) is 156 cm³/mol. The van der Waals surface area contributed by atoms with Crippen molar-refractivity contribution in [3.05, 3.63) is 88.1 Å². The molecule has 1 fully saturated rings. The Morgan fingerprint density at radius 1 is 1.11 bits per heavy atom. The molecule has 1 saturated heterocycles. The minimum atomic E-state index is -5.02. The molecule has 0 N–H and O–H groups in total. The van der Waals surface area contributed by atoms with Crippen LogP contribution in [0.25, 0.3) is 28.0 Å². The highest BCUT2D eigenvalue weighted by Crippen LogP contribution is 2.40. The van der Waals surface area contributed by atoms with E-state index < -0.39 is 46.4 Å². The molecule has 13 heteroatoms. The van der Waals surface area contributed by atoms with E-state index in [0.717, 1.165) is 22.8 Å². The Morgan fingerprint density at radius 2 is 1.84 bits per heavy atom. The van der Waals surface area contributed by atoms with Crippen LogP contribution in [0.15, 0.2) is 54.0 Å². The fraction of sp³-hybridized carbons (Fsp3) is 0.323. The third kappa shape index (κ3) is 5.31. The molecule has 0 bridgehead atoms. The molecule has 1 amide bonds. The number of pyridine rings is 2. The first-order valence-electron chi connectivity index (χ1n) is 13.9. The molecule has 0 saturated carbocycles. The summed E-state index contributed by atoms with van der Waals surface area (Å²) in [7, 11) is 0. The van der Waals surface area contributed by atoms with Gasteiger partial charge in [0.25, 0.3) is 0 Å². The van der Waals surface area contributed by atoms with E-state index in [9.17, 15) is 22.8 Å². The molecule has 5 rings (SSSR count). The van der Waals surface area contributed by atoms with Crippen molar-refractivity contribution in [2.45, 2.75) is 45.8 Å². The molecule has 1 atom stereocenters. The van der Waals surface area contributed by atoms with Gasteiger partial charge in [0, 0.05) is 31.9 Å². The van der Waals surface area contributed by atoms with E-state index in [2.05, 4.69) is 21.5 Å². The first-order chi connectivity index (χ1) is 20.7. The summed E-state index contributed by atoms with van der Waals surface area (Å²) >= 11 is 0. The Morgan fingerprint density at radius 3 is 2.48 bits per heavy atom. The van der Waals surface area contributed by atoms with E-state index in [1.807, 2.05) is 13.8 Å². The van der Waals surface area contributed by atoms with E-state index in [4.69, 9.17) is 0 Å². The molecule has 230 valence electrons. The summed E-state index contributed by atoms with van der Waals surface area (Å²) in [6.07, 6.45) is -2.27. The van der Waals surface area contributed by atoms with E-state index in [1.165, 1.54) is 6.08 Å². The van der Waals surface area contributed by atoms with Crippen molar-refractivity contribution >= 4 is 22.8 Å². The largest absolute Gasteiger partial charge is 0.417 e. The van der Waals surface area contributed by atoms with Gasteiger partial charge in [-0.25, -0.2) is 23.1 Å². The number of amides is 1. The van der Waals surface area contributed by atoms with Gasteiger partial charge in [0.1, 0.15) is 17.3 Å². The van der Waals surface area contributed by atoms with Gasteiger partial charge in [-0.3, -0.25) is 9.78 Å². The number of nitrogens with zero attached hydrogens (tertiary/aromatic N) is 6. The molecule has 0 aliphatic carbocycles. The van der Waals surface area contributed by atoms with Gasteiger partial charge in [0.15, 0.2) is 11.5 Å². The molecule has 8 nitrogen and oxygen atoms in total. The van der Waals surface area contributed by atoms with E-state index in [1.54, 1.807) is 35.9 Å². The Hall–Kier alpha value is -4.68. The summed E-state index contributed by atoms with van der Waals surface area (Å²) in [6, 6.07) is 4.49. The van der Waals surface area contributed by atoms with Crippen molar-refractivity contribution in [1.82, 2.24) is 24.4 Å². The number of piperazine rings is 1. The topological polar surface area (TPSA) is 84.2 Å². The van der Waals surface area contributed by atoms with Gasteiger partial charge in [-0.05, 0) is 55.7 Å². The zero-order chi connectivity index (χ0) is 32.1. The Kier molecular flexibility index (Phi) is 8.00. The Balaban J connectivity index is 1.86. The highest BCUT2D eigenvalue weighted by atomic mass is 19.4. The number of hydrogen-bond acceptors (Lipinski definition) is 6. The second-order valence-corrected chi connectivity index (χ2v) is 11.0. The lowest BCUT2D eigenvalue weighted by Crippen LogP contribution is -2.54. The quantitative estimate of drug-likeness (QED) is 0.210. The smallest absolute Gasteiger partial charge is 0.350 e. The zero-order valence-corrected chi connectivity index (χ0v) is 24.4. The standard InChI is InChI=1S/C31H29F5N6O2/c1-6-23(43)40-12-13-41(18(5)15-40)28-19-14-22(33)26(24-20(31(34,35)36)8-7-9-21(24)32)38-29(19)42(30(44)39-28)27-17(4)10-11-37-25(27)16(2)3/h6-11,14,16,18H,1,12-13,15H2,2-5H3/t18-/m0/s1. The van der Waals surface area contributed by atoms with Crippen molar-refractivity contribution in [2.24, 2.45) is 0 Å². The van der Waals surface area contributed by atoms with Crippen molar-refractivity contribution < 1.29 is 26.7 Å². The number of aryl methyl sites for hydroxylation is 1. The molecule has 4 heterocycles. The average Bonchev–Trinajstić information content (AvgIpc) is 2.96. The van der Waals surface area contributed by atoms with Crippen LogP contribution < -0.4 is 10.6 Å². The maximum Gasteiger partial charge on any atom is 0.417 e. The van der Waals surface area contributed by atoms with Crippen LogP contribution in [-0.2, 0) is 11.0 Å². The second-order valence-electron chi connectivity index (χ2n) is 11.0. The maximum absolute atomic E-state index is 15.9. The van der Waals surface area contributed by atoms with E-state index >= 15 is 8.78 Å². The summed E-state index contributed by atoms with van der Waals surface area (Å²) in [6.45, 7) is 11.4. The highest BCUT2D eigenvalue weighted by molar-refractivity contribution is 5.91. The normalized spacial score (nSPS) is 15.7. The van der Waals surface area contributed by atoms with Gasteiger partial charge in [0.05, 0.1) is 27.9 Å². The maximum atomic E-state index is 15.9. The lowest BCUT2D eigenvalue weighted by atomic mass is 10.0. The van der Waals surface area contributed by atoms with Crippen molar-refractivity contribution in [2.75, 3.05) is 24.5 Å². The van der Waals surface area contributed by atoms with Crippen LogP contribution in [0.3, 0.4) is 0 Å². The van der Waals surface area contributed by atoms with Crippen LogP contribution in [0, 0.1) is 18.6 Å². The van der Waals surface area contributed by atoms with Gasteiger partial charge in [-0.1, -0.05) is 26.5 Å². The number of carbonyl (C=O) groups is 1. The minimum Gasteiger partial charge on any atom is -0.350 e. The number of fused-ring (bicyclic) bond motifs is 1. The molecule has 3 aromatic heterocycles. The third-order valence-electron chi connectivity index (χ3n) is 7.67. The third-order valence-corrected chi connectivity index (χ3v) is 7.67. The molecule has 1 aromatic carbocycles.